The number of nitrogens with one attached hydrogen (secondary N) is 4. The molecular formula is C32H28BClN8. The summed E-state index contributed by atoms with van der Waals surface area (Å²) in [6.07, 6.45) is 6.27. The van der Waals surface area contributed by atoms with Crippen LogP contribution in [0.1, 0.15) is 54.5 Å². The number of hydrogen-bond acceptors (Lipinski definition) is 8. The maximum atomic E-state index is 10.0. The first-order valence-electron chi connectivity index (χ1n) is 13.9. The Morgan fingerprint density at radius 3 is 2.64 bits per heavy atom. The van der Waals surface area contributed by atoms with E-state index in [9.17, 15) is 10.5 Å². The molecular weight excluding hydrogens is 543 g/mol. The van der Waals surface area contributed by atoms with E-state index in [-0.39, 0.29) is 6.04 Å². The first kappa shape index (κ1) is 27.5. The predicted molar refractivity (Wildman–Crippen MR) is 166 cm³/mol. The molecule has 1 aliphatic heterocycles. The van der Waals surface area contributed by atoms with Gasteiger partial charge in [0.2, 0.25) is 0 Å². The molecule has 206 valence electrons. The Hall–Kier alpha value is -4.70. The second kappa shape index (κ2) is 11.3. The first-order chi connectivity index (χ1) is 20.4. The van der Waals surface area contributed by atoms with Crippen molar-refractivity contribution in [3.8, 4) is 12.1 Å². The summed E-state index contributed by atoms with van der Waals surface area (Å²) < 4.78 is 0. The maximum absolute atomic E-state index is 10.0. The van der Waals surface area contributed by atoms with Crippen LogP contribution in [-0.4, -0.2) is 23.9 Å². The highest BCUT2D eigenvalue weighted by Gasteiger charge is 2.42. The van der Waals surface area contributed by atoms with Crippen molar-refractivity contribution < 1.29 is 0 Å². The van der Waals surface area contributed by atoms with Gasteiger partial charge in [-0.2, -0.15) is 10.5 Å². The fourth-order valence-electron chi connectivity index (χ4n) is 5.42. The number of anilines is 2. The number of hydrazine groups is 2. The number of halogens is 1. The topological polar surface area (TPSA) is 112 Å². The summed E-state index contributed by atoms with van der Waals surface area (Å²) in [5.41, 5.74) is 10.4. The van der Waals surface area contributed by atoms with E-state index in [4.69, 9.17) is 19.4 Å². The Bertz CT molecular complexity index is 1760. The second-order valence-corrected chi connectivity index (χ2v) is 10.9. The zero-order valence-corrected chi connectivity index (χ0v) is 23.8. The van der Waals surface area contributed by atoms with Crippen molar-refractivity contribution in [1.29, 1.82) is 10.5 Å². The van der Waals surface area contributed by atoms with Gasteiger partial charge in [-0.1, -0.05) is 61.0 Å². The van der Waals surface area contributed by atoms with Crippen LogP contribution in [0, 0.1) is 22.7 Å². The van der Waals surface area contributed by atoms with E-state index in [0.717, 1.165) is 30.5 Å². The van der Waals surface area contributed by atoms with E-state index in [1.807, 2.05) is 47.6 Å². The van der Waals surface area contributed by atoms with Gasteiger partial charge in [0.25, 0.3) is 0 Å². The van der Waals surface area contributed by atoms with Crippen LogP contribution in [0.4, 0.5) is 11.4 Å². The predicted octanol–water partition coefficient (Wildman–Crippen LogP) is 5.96. The molecule has 1 aliphatic carbocycles. The molecule has 3 aromatic carbocycles. The minimum absolute atomic E-state index is 0.0329. The van der Waals surface area contributed by atoms with Gasteiger partial charge in [0.15, 0.2) is 0 Å². The van der Waals surface area contributed by atoms with Crippen molar-refractivity contribution in [2.75, 3.05) is 10.6 Å². The third-order valence-corrected chi connectivity index (χ3v) is 8.02. The van der Waals surface area contributed by atoms with Gasteiger partial charge < -0.3 is 16.1 Å². The van der Waals surface area contributed by atoms with Gasteiger partial charge in [-0.25, -0.2) is 0 Å². The van der Waals surface area contributed by atoms with Crippen LogP contribution in [-0.2, 0) is 5.44 Å². The molecule has 6 rings (SSSR count). The molecule has 1 unspecified atom stereocenters. The smallest absolute Gasteiger partial charge is 0.119 e. The molecule has 2 radical (unpaired) electrons. The molecule has 2 heterocycles. The van der Waals surface area contributed by atoms with Crippen molar-refractivity contribution in [1.82, 2.24) is 21.0 Å². The van der Waals surface area contributed by atoms with Crippen LogP contribution >= 0.6 is 11.6 Å². The molecule has 0 bridgehead atoms. The van der Waals surface area contributed by atoms with Crippen molar-refractivity contribution in [2.24, 2.45) is 0 Å². The Morgan fingerprint density at radius 1 is 1.12 bits per heavy atom. The lowest BCUT2D eigenvalue weighted by Crippen LogP contribution is -2.48. The zero-order valence-electron chi connectivity index (χ0n) is 23.0. The maximum Gasteiger partial charge on any atom is 0.119 e. The Balaban J connectivity index is 1.47. The molecule has 0 spiro atoms. The van der Waals surface area contributed by atoms with Gasteiger partial charge in [-0.15, -0.1) is 5.53 Å². The lowest BCUT2D eigenvalue weighted by molar-refractivity contribution is 0.226. The summed E-state index contributed by atoms with van der Waals surface area (Å²) in [5.74, 6) is 0. The fourth-order valence-corrected chi connectivity index (χ4v) is 5.69. The third-order valence-electron chi connectivity index (χ3n) is 7.73. The number of nitriles is 2. The standard InChI is InChI=1S/C32H28BClN8/c1-2-28(21-8-4-3-5-9-21)39-30-22(17-36)18-37-31-26(30)14-24(15-27(31)34)40-32(33,23-10-6-7-20(13-23)16-35)29-19-38-41-42(29)25-11-12-25/h3-10,13-15,18-19,25,28,38,40-41H,2,11-12H2,1H3,(H,37,39)/t28-,32?/m1/s1. The summed E-state index contributed by atoms with van der Waals surface area (Å²) in [7, 11) is 7.27. The minimum Gasteiger partial charge on any atom is -0.378 e. The van der Waals surface area contributed by atoms with E-state index in [1.54, 1.807) is 24.4 Å². The highest BCUT2D eigenvalue weighted by Crippen LogP contribution is 2.41. The summed E-state index contributed by atoms with van der Waals surface area (Å²) in [6.45, 7) is 2.10. The molecule has 4 N–H and O–H groups in total. The Morgan fingerprint density at radius 2 is 1.93 bits per heavy atom. The molecule has 0 amide bonds. The van der Waals surface area contributed by atoms with Crippen LogP contribution < -0.4 is 21.6 Å². The highest BCUT2D eigenvalue weighted by atomic mass is 35.5. The van der Waals surface area contributed by atoms with Crippen molar-refractivity contribution >= 4 is 41.7 Å². The van der Waals surface area contributed by atoms with Gasteiger partial charge in [0.1, 0.15) is 13.9 Å². The van der Waals surface area contributed by atoms with Crippen LogP contribution in [0.2, 0.25) is 5.02 Å². The largest absolute Gasteiger partial charge is 0.378 e. The van der Waals surface area contributed by atoms with Crippen LogP contribution in [0.15, 0.2) is 84.8 Å². The fraction of sp³-hybridized carbons (Fsp3) is 0.219. The molecule has 1 saturated carbocycles. The number of rotatable bonds is 9. The number of pyridine rings is 1. The molecule has 8 nitrogen and oxygen atoms in total. The lowest BCUT2D eigenvalue weighted by Gasteiger charge is -2.39. The highest BCUT2D eigenvalue weighted by molar-refractivity contribution is 6.36. The van der Waals surface area contributed by atoms with Gasteiger partial charge in [0.05, 0.1) is 50.6 Å². The van der Waals surface area contributed by atoms with Gasteiger partial charge in [-0.05, 0) is 54.7 Å². The average Bonchev–Trinajstić information content (AvgIpc) is 3.75. The van der Waals surface area contributed by atoms with Gasteiger partial charge in [-0.3, -0.25) is 9.99 Å². The van der Waals surface area contributed by atoms with E-state index < -0.39 is 5.44 Å². The van der Waals surface area contributed by atoms with Crippen molar-refractivity contribution in [3.63, 3.8) is 0 Å². The summed E-state index contributed by atoms with van der Waals surface area (Å²) >= 11 is 6.84. The van der Waals surface area contributed by atoms with Crippen LogP contribution in [0.3, 0.4) is 0 Å². The Kier molecular flexibility index (Phi) is 7.39. The van der Waals surface area contributed by atoms with Crippen molar-refractivity contribution in [3.05, 3.63) is 112 Å². The first-order valence-corrected chi connectivity index (χ1v) is 14.3. The van der Waals surface area contributed by atoms with E-state index >= 15 is 0 Å². The van der Waals surface area contributed by atoms with Gasteiger partial charge >= 0.3 is 0 Å². The molecule has 1 fully saturated rings. The number of benzene rings is 3. The second-order valence-electron chi connectivity index (χ2n) is 10.5. The quantitative estimate of drug-likeness (QED) is 0.183. The normalized spacial score (nSPS) is 16.5. The SMILES string of the molecule is [B]C(Nc1cc(Cl)c2ncc(C#N)c(N[C@H](CC)c3ccccc3)c2c1)(C1=CNNN1C1CC1)c1cccc(C#N)c1. The summed E-state index contributed by atoms with van der Waals surface area (Å²) in [4.78, 5) is 4.53. The van der Waals surface area contributed by atoms with E-state index in [0.29, 0.717) is 50.0 Å². The number of aromatic nitrogens is 1. The minimum atomic E-state index is -1.24. The van der Waals surface area contributed by atoms with Crippen LogP contribution in [0.25, 0.3) is 10.9 Å². The number of fused-ring (bicyclic) bond motifs is 1. The zero-order chi connectivity index (χ0) is 29.3. The summed E-state index contributed by atoms with van der Waals surface area (Å²) in [6, 6.07) is 25.9. The number of hydrogen-bond donors (Lipinski definition) is 4. The monoisotopic (exact) mass is 570 g/mol. The molecule has 2 aliphatic rings. The van der Waals surface area contributed by atoms with Crippen molar-refractivity contribution in [2.45, 2.75) is 43.7 Å². The molecule has 10 heteroatoms. The van der Waals surface area contributed by atoms with E-state index in [2.05, 4.69) is 57.8 Å². The molecule has 4 aromatic rings. The molecule has 0 saturated heterocycles. The molecule has 2 atom stereocenters. The molecule has 42 heavy (non-hydrogen) atoms. The van der Waals surface area contributed by atoms with E-state index in [1.165, 1.54) is 0 Å². The average molecular weight is 571 g/mol. The molecule has 1 aromatic heterocycles. The number of nitrogens with zero attached hydrogens (tertiary/aromatic N) is 4. The summed E-state index contributed by atoms with van der Waals surface area (Å²) in [5, 5.41) is 29.9. The lowest BCUT2D eigenvalue weighted by atomic mass is 9.69. The Labute approximate surface area is 251 Å². The van der Waals surface area contributed by atoms with Crippen LogP contribution in [0.5, 0.6) is 0 Å². The third kappa shape index (κ3) is 5.09. The van der Waals surface area contributed by atoms with Gasteiger partial charge in [0, 0.05) is 29.5 Å².